The summed E-state index contributed by atoms with van der Waals surface area (Å²) in [4.78, 5) is 66.3. The summed E-state index contributed by atoms with van der Waals surface area (Å²) in [5.41, 5.74) is -1.98. The van der Waals surface area contributed by atoms with Crippen LogP contribution >= 0.6 is 12.0 Å². The number of rotatable bonds is 4. The number of sulfone groups is 1. The molecule has 16 nitrogen and oxygen atoms in total. The lowest BCUT2D eigenvalue weighted by atomic mass is 9.86. The number of fused-ring (bicyclic) bond motifs is 9. The molecule has 2 N–H and O–H groups in total. The van der Waals surface area contributed by atoms with E-state index in [-0.39, 0.29) is 96.8 Å². The summed E-state index contributed by atoms with van der Waals surface area (Å²) < 4.78 is 70.1. The van der Waals surface area contributed by atoms with Gasteiger partial charge in [-0.05, 0) is 60.7 Å². The van der Waals surface area contributed by atoms with Crippen molar-refractivity contribution in [1.82, 2.24) is 18.8 Å². The Morgan fingerprint density at radius 2 is 1.13 bits per heavy atom. The molecule has 1 aliphatic heterocycles. The van der Waals surface area contributed by atoms with Crippen LogP contribution in [-0.2, 0) is 29.3 Å². The molecule has 0 unspecified atom stereocenters. The smallest absolute Gasteiger partial charge is 0.289 e. The molecule has 0 aliphatic carbocycles. The zero-order valence-corrected chi connectivity index (χ0v) is 29.2. The molecule has 55 heavy (non-hydrogen) atoms. The molecule has 0 fully saturated rings. The lowest BCUT2D eigenvalue weighted by molar-refractivity contribution is -0.432. The summed E-state index contributed by atoms with van der Waals surface area (Å²) in [5, 5.41) is 13.1. The second kappa shape index (κ2) is 9.54. The van der Waals surface area contributed by atoms with Crippen LogP contribution in [0.5, 0.6) is 0 Å². The molecule has 0 spiro atoms. The maximum Gasteiger partial charge on any atom is 0.294 e. The molecule has 0 amide bonds. The molecule has 266 valence electrons. The third-order valence-electron chi connectivity index (χ3n) is 10.8. The van der Waals surface area contributed by atoms with Crippen LogP contribution in [0.4, 0.5) is 0 Å². The largest absolute Gasteiger partial charge is 0.294 e. The molecular weight excluding hydrogens is 777 g/mol. The first-order chi connectivity index (χ1) is 26.3. The van der Waals surface area contributed by atoms with Crippen LogP contribution in [-0.4, -0.2) is 45.4 Å². The van der Waals surface area contributed by atoms with E-state index in [0.717, 1.165) is 22.6 Å². The molecule has 7 aromatic carbocycles. The predicted molar refractivity (Wildman–Crippen MR) is 200 cm³/mol. The number of benzene rings is 7. The molecule has 12 rings (SSSR count). The van der Waals surface area contributed by atoms with Crippen LogP contribution in [0.1, 0.15) is 0 Å². The maximum absolute atomic E-state index is 14.7. The Balaban J connectivity index is 1.33. The third-order valence-corrected chi connectivity index (χ3v) is 14.0. The molecule has 0 bridgehead atoms. The van der Waals surface area contributed by atoms with Gasteiger partial charge in [0, 0.05) is 58.8 Å². The Morgan fingerprint density at radius 1 is 0.618 bits per heavy atom. The van der Waals surface area contributed by atoms with Gasteiger partial charge in [0.25, 0.3) is 21.2 Å². The topological polar surface area (TPSA) is 230 Å². The van der Waals surface area contributed by atoms with Crippen LogP contribution in [0.15, 0.2) is 99.4 Å². The van der Waals surface area contributed by atoms with Crippen LogP contribution in [0, 0.1) is 0 Å². The SMILES string of the molecule is O=c1cc2c3c(cc4c5c6c(cc7c8c(cc(=O)c(c1c53)c68)c(=O)n1c3cc(S(=O)(=O)O)ccc3nc71)S4(=O)=O)c(=O)n1c3cc(SOOO)ccc3nc21. The zero-order valence-electron chi connectivity index (χ0n) is 26.8. The molecule has 0 saturated heterocycles. The molecule has 5 heterocycles. The van der Waals surface area contributed by atoms with E-state index in [2.05, 4.69) is 19.3 Å². The van der Waals surface area contributed by atoms with E-state index in [1.165, 1.54) is 28.7 Å². The number of pyridine rings is 2. The molecule has 0 radical (unpaired) electrons. The minimum absolute atomic E-state index is 0.0165. The van der Waals surface area contributed by atoms with Gasteiger partial charge < -0.3 is 0 Å². The van der Waals surface area contributed by atoms with Gasteiger partial charge in [-0.25, -0.2) is 23.6 Å². The summed E-state index contributed by atoms with van der Waals surface area (Å²) >= 11 is 0.651. The monoisotopic (exact) mass is 788 g/mol. The summed E-state index contributed by atoms with van der Waals surface area (Å²) in [6.07, 6.45) is 0. The Bertz CT molecular complexity index is 4190. The number of hydrogen-bond donors (Lipinski definition) is 2. The van der Waals surface area contributed by atoms with E-state index < -0.39 is 46.8 Å². The molecule has 19 heteroatoms. The number of imidazole rings is 2. The van der Waals surface area contributed by atoms with Crippen molar-refractivity contribution in [3.05, 3.63) is 102 Å². The Kier molecular flexibility index (Phi) is 5.41. The number of nitrogens with zero attached hydrogens (tertiary/aromatic N) is 4. The maximum atomic E-state index is 14.7. The van der Waals surface area contributed by atoms with Gasteiger partial charge in [-0.1, -0.05) is 5.04 Å². The van der Waals surface area contributed by atoms with Crippen LogP contribution < -0.4 is 22.0 Å². The van der Waals surface area contributed by atoms with E-state index in [4.69, 9.17) is 5.26 Å². The molecule has 1 aliphatic rings. The first-order valence-electron chi connectivity index (χ1n) is 16.0. The Labute approximate surface area is 305 Å². The fourth-order valence-electron chi connectivity index (χ4n) is 8.79. The van der Waals surface area contributed by atoms with E-state index in [1.807, 2.05) is 0 Å². The van der Waals surface area contributed by atoms with E-state index >= 15 is 0 Å². The van der Waals surface area contributed by atoms with E-state index in [0.29, 0.717) is 28.0 Å². The average molecular weight is 789 g/mol. The van der Waals surface area contributed by atoms with Crippen molar-refractivity contribution < 1.29 is 36.0 Å². The second-order valence-electron chi connectivity index (χ2n) is 13.3. The minimum atomic E-state index is -4.70. The first kappa shape index (κ1) is 31.2. The Morgan fingerprint density at radius 3 is 1.71 bits per heavy atom. The van der Waals surface area contributed by atoms with Crippen LogP contribution in [0.3, 0.4) is 0 Å². The highest BCUT2D eigenvalue weighted by molar-refractivity contribution is 7.94. The molecule has 4 aromatic heterocycles. The molecule has 0 saturated carbocycles. The van der Waals surface area contributed by atoms with Crippen molar-refractivity contribution in [2.24, 2.45) is 0 Å². The third kappa shape index (κ3) is 3.48. The summed E-state index contributed by atoms with van der Waals surface area (Å²) in [7, 11) is -9.18. The van der Waals surface area contributed by atoms with E-state index in [9.17, 15) is 40.6 Å². The van der Waals surface area contributed by atoms with Crippen LogP contribution in [0.2, 0.25) is 0 Å². The fourth-order valence-corrected chi connectivity index (χ4v) is 11.4. The van der Waals surface area contributed by atoms with Gasteiger partial charge >= 0.3 is 0 Å². The lowest BCUT2D eigenvalue weighted by Crippen LogP contribution is -2.18. The van der Waals surface area contributed by atoms with Crippen molar-refractivity contribution in [3.63, 3.8) is 0 Å². The van der Waals surface area contributed by atoms with Gasteiger partial charge in [-0.3, -0.25) is 32.5 Å². The predicted octanol–water partition coefficient (Wildman–Crippen LogP) is 4.22. The molecule has 0 atom stereocenters. The molecular formula is C36H12N4O12S3. The first-order valence-corrected chi connectivity index (χ1v) is 19.7. The quantitative estimate of drug-likeness (QED) is 0.0635. The zero-order chi connectivity index (χ0) is 37.8. The van der Waals surface area contributed by atoms with Crippen molar-refractivity contribution in [1.29, 1.82) is 0 Å². The second-order valence-corrected chi connectivity index (χ2v) is 17.4. The van der Waals surface area contributed by atoms with E-state index in [1.54, 1.807) is 18.2 Å². The fraction of sp³-hybridized carbons (Fsp3) is 0. The standard InChI is InChI=1S/C36H12N4O12S3/c41-21-7-13-25-16(36(44)39-19-5-11(53-52-51-45)1-3-17(19)37-33(13)39)10-24-30-29-23(54(24,46)47)9-14-26-15(8-22(42)28(32(26)29)27(21)31(25)30)35(43)40-20-6-12(55(48,49)50)2-4-18(20)38-34(14)40/h1-10,45H,(H,48,49,50). The van der Waals surface area contributed by atoms with Crippen molar-refractivity contribution in [2.75, 3.05) is 0 Å². The highest BCUT2D eigenvalue weighted by Crippen LogP contribution is 2.53. The number of hydrogen-bond acceptors (Lipinski definition) is 14. The van der Waals surface area contributed by atoms with Crippen molar-refractivity contribution in [3.8, 4) is 0 Å². The highest BCUT2D eigenvalue weighted by Gasteiger charge is 2.38. The summed E-state index contributed by atoms with van der Waals surface area (Å²) in [5.74, 6) is 0. The molecule has 11 aromatic rings. The highest BCUT2D eigenvalue weighted by atomic mass is 32.2. The summed E-state index contributed by atoms with van der Waals surface area (Å²) in [6.45, 7) is 0. The van der Waals surface area contributed by atoms with Gasteiger partial charge in [0.05, 0.1) is 59.6 Å². The lowest BCUT2D eigenvalue weighted by Gasteiger charge is -2.16. The van der Waals surface area contributed by atoms with Gasteiger partial charge in [0.2, 0.25) is 9.84 Å². The van der Waals surface area contributed by atoms with Crippen molar-refractivity contribution >= 4 is 130 Å². The van der Waals surface area contributed by atoms with Crippen molar-refractivity contribution in [2.45, 2.75) is 19.6 Å². The Hall–Kier alpha value is -6.19. The summed E-state index contributed by atoms with van der Waals surface area (Å²) in [6, 6.07) is 13.1. The minimum Gasteiger partial charge on any atom is -0.289 e. The van der Waals surface area contributed by atoms with Gasteiger partial charge in [0.1, 0.15) is 11.3 Å². The number of aromatic nitrogens is 4. The average Bonchev–Trinajstić information content (AvgIpc) is 3.80. The normalized spacial score (nSPS) is 14.6. The van der Waals surface area contributed by atoms with Crippen LogP contribution in [0.25, 0.3) is 98.0 Å². The van der Waals surface area contributed by atoms with Gasteiger partial charge in [-0.15, -0.1) is 4.33 Å². The van der Waals surface area contributed by atoms with Gasteiger partial charge in [0.15, 0.2) is 10.9 Å². The van der Waals surface area contributed by atoms with Gasteiger partial charge in [-0.2, -0.15) is 8.42 Å².